The van der Waals surface area contributed by atoms with Crippen molar-refractivity contribution in [3.05, 3.63) is 53.9 Å². The normalized spacial score (nSPS) is 10.5. The van der Waals surface area contributed by atoms with Crippen LogP contribution in [0.25, 0.3) is 0 Å². The minimum absolute atomic E-state index is 0.194. The molecule has 22 heavy (non-hydrogen) atoms. The van der Waals surface area contributed by atoms with Crippen LogP contribution >= 0.6 is 0 Å². The third kappa shape index (κ3) is 4.31. The van der Waals surface area contributed by atoms with Gasteiger partial charge in [0.25, 0.3) is 0 Å². The van der Waals surface area contributed by atoms with Crippen LogP contribution in [0.1, 0.15) is 11.3 Å². The van der Waals surface area contributed by atoms with E-state index in [0.29, 0.717) is 17.2 Å². The number of carbonyl (C=O) groups excluding carboxylic acids is 1. The monoisotopic (exact) mass is 299 g/mol. The van der Waals surface area contributed by atoms with Crippen molar-refractivity contribution in [2.75, 3.05) is 14.2 Å². The lowest BCUT2D eigenvalue weighted by atomic mass is 10.1. The average Bonchev–Trinajstić information content (AvgIpc) is 2.55. The summed E-state index contributed by atoms with van der Waals surface area (Å²) in [5.74, 6) is 0.990. The van der Waals surface area contributed by atoms with Gasteiger partial charge in [0.2, 0.25) is 5.91 Å². The van der Waals surface area contributed by atoms with E-state index in [9.17, 15) is 4.79 Å². The first-order chi connectivity index (χ1) is 10.7. The molecule has 0 aliphatic heterocycles. The number of methoxy groups -OCH3 is 2. The Morgan fingerprint density at radius 1 is 1.23 bits per heavy atom. The lowest BCUT2D eigenvalue weighted by molar-refractivity contribution is -0.120. The first kappa shape index (κ1) is 15.5. The molecule has 0 aliphatic carbocycles. The van der Waals surface area contributed by atoms with Crippen LogP contribution in [-0.2, 0) is 11.2 Å². The van der Waals surface area contributed by atoms with Crippen LogP contribution in [-0.4, -0.2) is 31.3 Å². The summed E-state index contributed by atoms with van der Waals surface area (Å²) in [6, 6.07) is 10.8. The van der Waals surface area contributed by atoms with Gasteiger partial charge in [0, 0.05) is 6.20 Å². The molecule has 1 N–H and O–H groups in total. The zero-order valence-corrected chi connectivity index (χ0v) is 12.4. The molecule has 0 spiro atoms. The predicted octanol–water partition coefficient (Wildman–Crippen LogP) is 1.79. The van der Waals surface area contributed by atoms with Crippen molar-refractivity contribution in [2.24, 2.45) is 5.10 Å². The number of nitrogens with zero attached hydrogens (tertiary/aromatic N) is 2. The third-order valence-corrected chi connectivity index (χ3v) is 2.89. The molecule has 0 unspecified atom stereocenters. The number of carbonyl (C=O) groups is 1. The number of hydrogen-bond acceptors (Lipinski definition) is 5. The molecule has 6 nitrogen and oxygen atoms in total. The van der Waals surface area contributed by atoms with Crippen molar-refractivity contribution < 1.29 is 14.3 Å². The zero-order valence-electron chi connectivity index (χ0n) is 12.4. The van der Waals surface area contributed by atoms with Crippen molar-refractivity contribution in [2.45, 2.75) is 6.42 Å². The first-order valence-electron chi connectivity index (χ1n) is 6.66. The molecule has 1 amide bonds. The summed E-state index contributed by atoms with van der Waals surface area (Å²) in [7, 11) is 3.12. The Bertz CT molecular complexity index is 657. The highest BCUT2D eigenvalue weighted by atomic mass is 16.5. The van der Waals surface area contributed by atoms with Crippen molar-refractivity contribution in [3.63, 3.8) is 0 Å². The second-order valence-electron chi connectivity index (χ2n) is 4.41. The summed E-state index contributed by atoms with van der Waals surface area (Å²) in [6.45, 7) is 0. The van der Waals surface area contributed by atoms with E-state index in [1.54, 1.807) is 38.6 Å². The fourth-order valence-electron chi connectivity index (χ4n) is 1.84. The maximum atomic E-state index is 11.8. The maximum Gasteiger partial charge on any atom is 0.244 e. The minimum Gasteiger partial charge on any atom is -0.493 e. The summed E-state index contributed by atoms with van der Waals surface area (Å²) >= 11 is 0. The third-order valence-electron chi connectivity index (χ3n) is 2.89. The summed E-state index contributed by atoms with van der Waals surface area (Å²) in [5.41, 5.74) is 3.95. The molecule has 0 aliphatic rings. The second kappa shape index (κ2) is 7.78. The summed E-state index contributed by atoms with van der Waals surface area (Å²) in [4.78, 5) is 15.9. The summed E-state index contributed by atoms with van der Waals surface area (Å²) < 4.78 is 10.4. The van der Waals surface area contributed by atoms with Gasteiger partial charge < -0.3 is 9.47 Å². The van der Waals surface area contributed by atoms with Gasteiger partial charge in [-0.1, -0.05) is 12.1 Å². The number of pyridine rings is 1. The highest BCUT2D eigenvalue weighted by molar-refractivity contribution is 5.82. The fraction of sp³-hybridized carbons (Fsp3) is 0.188. The van der Waals surface area contributed by atoms with Crippen molar-refractivity contribution >= 4 is 12.1 Å². The van der Waals surface area contributed by atoms with E-state index in [2.05, 4.69) is 15.5 Å². The number of rotatable bonds is 6. The van der Waals surface area contributed by atoms with Gasteiger partial charge in [0.1, 0.15) is 0 Å². The molecule has 0 saturated heterocycles. The van der Waals surface area contributed by atoms with E-state index in [0.717, 1.165) is 5.56 Å². The molecule has 6 heteroatoms. The lowest BCUT2D eigenvalue weighted by Crippen LogP contribution is -2.19. The smallest absolute Gasteiger partial charge is 0.244 e. The predicted molar refractivity (Wildman–Crippen MR) is 83.2 cm³/mol. The molecule has 0 fully saturated rings. The molecule has 0 bridgehead atoms. The van der Waals surface area contributed by atoms with Crippen LogP contribution in [0.15, 0.2) is 47.7 Å². The van der Waals surface area contributed by atoms with E-state index in [1.807, 2.05) is 18.2 Å². The Hall–Kier alpha value is -2.89. The zero-order chi connectivity index (χ0) is 15.8. The largest absolute Gasteiger partial charge is 0.493 e. The number of hydrogen-bond donors (Lipinski definition) is 1. The highest BCUT2D eigenvalue weighted by Gasteiger charge is 2.07. The molecule has 1 aromatic heterocycles. The van der Waals surface area contributed by atoms with Gasteiger partial charge >= 0.3 is 0 Å². The Labute approximate surface area is 128 Å². The molecular weight excluding hydrogens is 282 g/mol. The fourth-order valence-corrected chi connectivity index (χ4v) is 1.84. The molecule has 2 rings (SSSR count). The van der Waals surface area contributed by atoms with E-state index < -0.39 is 0 Å². The van der Waals surface area contributed by atoms with E-state index in [4.69, 9.17) is 9.47 Å². The Kier molecular flexibility index (Phi) is 5.48. The average molecular weight is 299 g/mol. The Morgan fingerprint density at radius 2 is 2.05 bits per heavy atom. The Balaban J connectivity index is 1.93. The van der Waals surface area contributed by atoms with Crippen LogP contribution in [0.4, 0.5) is 0 Å². The number of nitrogens with one attached hydrogen (secondary N) is 1. The number of hydrazone groups is 1. The number of benzene rings is 1. The molecule has 1 aromatic carbocycles. The second-order valence-corrected chi connectivity index (χ2v) is 4.41. The van der Waals surface area contributed by atoms with Crippen molar-refractivity contribution in [1.29, 1.82) is 0 Å². The summed E-state index contributed by atoms with van der Waals surface area (Å²) in [6.07, 6.45) is 3.35. The molecule has 114 valence electrons. The Morgan fingerprint density at radius 3 is 2.73 bits per heavy atom. The minimum atomic E-state index is -0.223. The first-order valence-corrected chi connectivity index (χ1v) is 6.66. The van der Waals surface area contributed by atoms with Crippen LogP contribution in [0.3, 0.4) is 0 Å². The van der Waals surface area contributed by atoms with E-state index in [1.165, 1.54) is 6.21 Å². The van der Waals surface area contributed by atoms with Gasteiger partial charge in [-0.2, -0.15) is 5.10 Å². The highest BCUT2D eigenvalue weighted by Crippen LogP contribution is 2.27. The number of ether oxygens (including phenoxy) is 2. The van der Waals surface area contributed by atoms with Crippen molar-refractivity contribution in [1.82, 2.24) is 10.4 Å². The van der Waals surface area contributed by atoms with Crippen LogP contribution in [0.5, 0.6) is 11.5 Å². The van der Waals surface area contributed by atoms with Gasteiger partial charge in [0.05, 0.1) is 32.5 Å². The summed E-state index contributed by atoms with van der Waals surface area (Å²) in [5, 5.41) is 3.87. The van der Waals surface area contributed by atoms with Gasteiger partial charge in [0.15, 0.2) is 11.5 Å². The number of aromatic nitrogens is 1. The molecule has 0 radical (unpaired) electrons. The molecule has 2 aromatic rings. The van der Waals surface area contributed by atoms with E-state index >= 15 is 0 Å². The topological polar surface area (TPSA) is 72.8 Å². The van der Waals surface area contributed by atoms with Gasteiger partial charge in [-0.15, -0.1) is 0 Å². The van der Waals surface area contributed by atoms with Crippen LogP contribution in [0.2, 0.25) is 0 Å². The standard InChI is InChI=1S/C16H17N3O3/c1-21-14-7-6-12(9-15(14)22-2)10-16(20)19-18-11-13-5-3-4-8-17-13/h3-9,11H,10H2,1-2H3,(H,19,20)/b18-11-. The SMILES string of the molecule is COc1ccc(CC(=O)N/N=C\c2ccccn2)cc1OC. The molecule has 1 heterocycles. The quantitative estimate of drug-likeness (QED) is 0.652. The molecular formula is C16H17N3O3. The van der Waals surface area contributed by atoms with Crippen LogP contribution in [0, 0.1) is 0 Å². The van der Waals surface area contributed by atoms with Gasteiger partial charge in [-0.3, -0.25) is 9.78 Å². The molecule has 0 atom stereocenters. The lowest BCUT2D eigenvalue weighted by Gasteiger charge is -2.09. The molecule has 0 saturated carbocycles. The van der Waals surface area contributed by atoms with Gasteiger partial charge in [-0.05, 0) is 29.8 Å². The maximum absolute atomic E-state index is 11.8. The number of amides is 1. The van der Waals surface area contributed by atoms with Crippen molar-refractivity contribution in [3.8, 4) is 11.5 Å². The van der Waals surface area contributed by atoms with E-state index in [-0.39, 0.29) is 12.3 Å². The van der Waals surface area contributed by atoms with Gasteiger partial charge in [-0.25, -0.2) is 5.43 Å². The van der Waals surface area contributed by atoms with Crippen LogP contribution < -0.4 is 14.9 Å².